The smallest absolute Gasteiger partial charge is 0.312 e. The quantitative estimate of drug-likeness (QED) is 0.662. The Morgan fingerprint density at radius 3 is 2.67 bits per heavy atom. The van der Waals surface area contributed by atoms with Gasteiger partial charge in [0.15, 0.2) is 0 Å². The summed E-state index contributed by atoms with van der Waals surface area (Å²) in [5, 5.41) is 8.48. The maximum absolute atomic E-state index is 11.4. The normalized spacial score (nSPS) is 21.6. The van der Waals surface area contributed by atoms with E-state index in [1.54, 1.807) is 7.05 Å². The van der Waals surface area contributed by atoms with Crippen molar-refractivity contribution in [3.63, 3.8) is 0 Å². The number of aliphatic carboxylic acids is 1. The summed E-state index contributed by atoms with van der Waals surface area (Å²) in [6.07, 6.45) is 0.681. The van der Waals surface area contributed by atoms with E-state index >= 15 is 0 Å². The van der Waals surface area contributed by atoms with Gasteiger partial charge >= 0.3 is 5.97 Å². The fourth-order valence-corrected chi connectivity index (χ4v) is 1.93. The summed E-state index contributed by atoms with van der Waals surface area (Å²) in [6.45, 7) is 2.72. The van der Waals surface area contributed by atoms with Gasteiger partial charge in [0.25, 0.3) is 0 Å². The zero-order valence-corrected chi connectivity index (χ0v) is 9.27. The lowest BCUT2D eigenvalue weighted by molar-refractivity contribution is -0.143. The molecular formula is C10H18N2O3. The van der Waals surface area contributed by atoms with Gasteiger partial charge in [-0.05, 0) is 25.9 Å². The fourth-order valence-electron chi connectivity index (χ4n) is 1.93. The average molecular weight is 214 g/mol. The minimum absolute atomic E-state index is 0.308. The van der Waals surface area contributed by atoms with Crippen molar-refractivity contribution in [3.8, 4) is 0 Å². The lowest BCUT2D eigenvalue weighted by Crippen LogP contribution is -2.33. The monoisotopic (exact) mass is 214 g/mol. The number of nitrogens with zero attached hydrogens (tertiary/aromatic N) is 2. The van der Waals surface area contributed by atoms with Crippen LogP contribution in [0.15, 0.2) is 0 Å². The fraction of sp³-hybridized carbons (Fsp3) is 0.800. The number of hydrogen-bond donors (Lipinski definition) is 1. The van der Waals surface area contributed by atoms with Gasteiger partial charge in [0, 0.05) is 20.1 Å². The van der Waals surface area contributed by atoms with Crippen LogP contribution in [0, 0.1) is 5.92 Å². The van der Waals surface area contributed by atoms with Gasteiger partial charge in [-0.1, -0.05) is 0 Å². The number of carboxylic acid groups (broad SMARTS) is 1. The molecule has 1 N–H and O–H groups in total. The van der Waals surface area contributed by atoms with Gasteiger partial charge < -0.3 is 14.9 Å². The number of carboxylic acids is 1. The van der Waals surface area contributed by atoms with Crippen LogP contribution in [-0.4, -0.2) is 60.5 Å². The number of rotatable bonds is 4. The Hall–Kier alpha value is -1.10. The third kappa shape index (κ3) is 3.87. The van der Waals surface area contributed by atoms with Crippen LogP contribution in [-0.2, 0) is 9.59 Å². The van der Waals surface area contributed by atoms with Gasteiger partial charge in [0.05, 0.1) is 0 Å². The number of likely N-dealkylation sites (tertiary alicyclic amines) is 1. The molecule has 0 aromatic carbocycles. The van der Waals surface area contributed by atoms with Gasteiger partial charge in [0.1, 0.15) is 6.42 Å². The lowest BCUT2D eigenvalue weighted by atomic mass is 10.1. The Bertz CT molecular complexity index is 255. The molecule has 1 aliphatic heterocycles. The highest BCUT2D eigenvalue weighted by atomic mass is 16.4. The molecule has 15 heavy (non-hydrogen) atoms. The van der Waals surface area contributed by atoms with Crippen molar-refractivity contribution in [2.24, 2.45) is 5.92 Å². The predicted molar refractivity (Wildman–Crippen MR) is 55.5 cm³/mol. The summed E-state index contributed by atoms with van der Waals surface area (Å²) in [6, 6.07) is 0. The van der Waals surface area contributed by atoms with Crippen LogP contribution in [0.3, 0.4) is 0 Å². The first-order chi connectivity index (χ1) is 6.99. The topological polar surface area (TPSA) is 60.9 Å². The second-order valence-electron chi connectivity index (χ2n) is 4.26. The van der Waals surface area contributed by atoms with Crippen molar-refractivity contribution in [1.29, 1.82) is 0 Å². The molecule has 5 nitrogen and oxygen atoms in total. The molecule has 1 saturated heterocycles. The summed E-state index contributed by atoms with van der Waals surface area (Å²) in [5.41, 5.74) is 0. The lowest BCUT2D eigenvalue weighted by Gasteiger charge is -2.20. The second-order valence-corrected chi connectivity index (χ2v) is 4.26. The standard InChI is InChI=1S/C10H18N2O3/c1-11-4-3-8(6-11)7-12(2)9(13)5-10(14)15/h8H,3-7H2,1-2H3,(H,14,15). The minimum atomic E-state index is -1.06. The molecule has 0 radical (unpaired) electrons. The van der Waals surface area contributed by atoms with Gasteiger partial charge in [-0.25, -0.2) is 0 Å². The molecule has 1 amide bonds. The van der Waals surface area contributed by atoms with Gasteiger partial charge in [-0.3, -0.25) is 9.59 Å². The molecule has 0 aliphatic carbocycles. The molecule has 1 atom stereocenters. The molecular weight excluding hydrogens is 196 g/mol. The Labute approximate surface area is 89.7 Å². The van der Waals surface area contributed by atoms with Gasteiger partial charge in [-0.15, -0.1) is 0 Å². The molecule has 1 rings (SSSR count). The SMILES string of the molecule is CN1CCC(CN(C)C(=O)CC(=O)O)C1. The van der Waals surface area contributed by atoms with Crippen molar-refractivity contribution >= 4 is 11.9 Å². The molecule has 0 aromatic heterocycles. The average Bonchev–Trinajstić information content (AvgIpc) is 2.50. The van der Waals surface area contributed by atoms with Crippen molar-refractivity contribution in [2.75, 3.05) is 33.7 Å². The van der Waals surface area contributed by atoms with Crippen molar-refractivity contribution in [2.45, 2.75) is 12.8 Å². The zero-order valence-electron chi connectivity index (χ0n) is 9.27. The third-order valence-electron chi connectivity index (χ3n) is 2.75. The van der Waals surface area contributed by atoms with E-state index in [-0.39, 0.29) is 5.91 Å². The maximum atomic E-state index is 11.4. The zero-order chi connectivity index (χ0) is 11.4. The summed E-state index contributed by atoms with van der Waals surface area (Å²) in [5.74, 6) is -0.884. The second kappa shape index (κ2) is 5.11. The van der Waals surface area contributed by atoms with Crippen LogP contribution < -0.4 is 0 Å². The van der Waals surface area contributed by atoms with E-state index in [9.17, 15) is 9.59 Å². The molecule has 0 spiro atoms. The van der Waals surface area contributed by atoms with E-state index in [0.29, 0.717) is 12.5 Å². The summed E-state index contributed by atoms with van der Waals surface area (Å²) in [7, 11) is 3.72. The first-order valence-electron chi connectivity index (χ1n) is 5.13. The largest absolute Gasteiger partial charge is 0.481 e. The molecule has 1 unspecified atom stereocenters. The van der Waals surface area contributed by atoms with Crippen LogP contribution >= 0.6 is 0 Å². The highest BCUT2D eigenvalue weighted by molar-refractivity contribution is 5.93. The molecule has 1 fully saturated rings. The first-order valence-corrected chi connectivity index (χ1v) is 5.13. The van der Waals surface area contributed by atoms with E-state index in [1.165, 1.54) is 4.90 Å². The maximum Gasteiger partial charge on any atom is 0.312 e. The predicted octanol–water partition coefficient (Wildman–Crippen LogP) is -0.129. The van der Waals surface area contributed by atoms with E-state index < -0.39 is 12.4 Å². The molecule has 0 bridgehead atoms. The Balaban J connectivity index is 2.31. The van der Waals surface area contributed by atoms with Crippen molar-refractivity contribution < 1.29 is 14.7 Å². The molecule has 1 heterocycles. The summed E-state index contributed by atoms with van der Waals surface area (Å²) < 4.78 is 0. The molecule has 1 aliphatic rings. The highest BCUT2D eigenvalue weighted by Gasteiger charge is 2.23. The number of hydrogen-bond acceptors (Lipinski definition) is 3. The highest BCUT2D eigenvalue weighted by Crippen LogP contribution is 2.15. The van der Waals surface area contributed by atoms with Gasteiger partial charge in [-0.2, -0.15) is 0 Å². The van der Waals surface area contributed by atoms with Crippen molar-refractivity contribution in [1.82, 2.24) is 9.80 Å². The van der Waals surface area contributed by atoms with Crippen LogP contribution in [0.5, 0.6) is 0 Å². The molecule has 5 heteroatoms. The van der Waals surface area contributed by atoms with Gasteiger partial charge in [0.2, 0.25) is 5.91 Å². The van der Waals surface area contributed by atoms with Crippen LogP contribution in [0.1, 0.15) is 12.8 Å². The Kier molecular flexibility index (Phi) is 4.08. The van der Waals surface area contributed by atoms with E-state index in [0.717, 1.165) is 19.5 Å². The molecule has 86 valence electrons. The number of carbonyl (C=O) groups is 2. The van der Waals surface area contributed by atoms with Crippen LogP contribution in [0.4, 0.5) is 0 Å². The first kappa shape index (κ1) is 12.0. The van der Waals surface area contributed by atoms with Crippen LogP contribution in [0.2, 0.25) is 0 Å². The Morgan fingerprint density at radius 2 is 2.20 bits per heavy atom. The number of amides is 1. The molecule has 0 aromatic rings. The minimum Gasteiger partial charge on any atom is -0.481 e. The van der Waals surface area contributed by atoms with Crippen LogP contribution in [0.25, 0.3) is 0 Å². The van der Waals surface area contributed by atoms with E-state index in [4.69, 9.17) is 5.11 Å². The Morgan fingerprint density at radius 1 is 1.53 bits per heavy atom. The van der Waals surface area contributed by atoms with E-state index in [2.05, 4.69) is 11.9 Å². The molecule has 0 saturated carbocycles. The summed E-state index contributed by atoms with van der Waals surface area (Å²) in [4.78, 5) is 25.5. The van der Waals surface area contributed by atoms with E-state index in [1.807, 2.05) is 0 Å². The third-order valence-corrected chi connectivity index (χ3v) is 2.75. The summed E-state index contributed by atoms with van der Waals surface area (Å²) >= 11 is 0. The number of carbonyl (C=O) groups excluding carboxylic acids is 1. The van der Waals surface area contributed by atoms with Crippen molar-refractivity contribution in [3.05, 3.63) is 0 Å².